The summed E-state index contributed by atoms with van der Waals surface area (Å²) in [6, 6.07) is -0.450. The van der Waals surface area contributed by atoms with Crippen molar-refractivity contribution in [2.24, 2.45) is 17.8 Å². The largest absolute Gasteiger partial charge is 0.461 e. The molecule has 4 aliphatic rings. The van der Waals surface area contributed by atoms with Crippen molar-refractivity contribution in [3.8, 4) is 0 Å². The second-order valence-electron chi connectivity index (χ2n) is 10.5. The van der Waals surface area contributed by atoms with Crippen molar-refractivity contribution >= 4 is 29.5 Å². The van der Waals surface area contributed by atoms with Gasteiger partial charge in [0.1, 0.15) is 12.6 Å². The molecule has 2 amide bonds. The summed E-state index contributed by atoms with van der Waals surface area (Å²) in [6.07, 6.45) is 10.7. The number of unbranched alkanes of at least 4 members (excludes halogenated alkanes) is 1. The molecular formula is C27H40N2O5S. The predicted molar refractivity (Wildman–Crippen MR) is 137 cm³/mol. The van der Waals surface area contributed by atoms with Crippen molar-refractivity contribution in [1.29, 1.82) is 0 Å². The lowest BCUT2D eigenvalue weighted by Gasteiger charge is -2.43. The first kappa shape index (κ1) is 26.3. The van der Waals surface area contributed by atoms with E-state index in [4.69, 9.17) is 4.74 Å². The topological polar surface area (TPSA) is 87.2 Å². The van der Waals surface area contributed by atoms with E-state index in [9.17, 15) is 19.5 Å². The maximum atomic E-state index is 14.4. The van der Waals surface area contributed by atoms with Gasteiger partial charge in [-0.3, -0.25) is 14.4 Å². The van der Waals surface area contributed by atoms with Gasteiger partial charge in [-0.25, -0.2) is 0 Å². The Balaban J connectivity index is 1.72. The molecule has 3 aliphatic heterocycles. The third-order valence-electron chi connectivity index (χ3n) is 8.53. The highest BCUT2D eigenvalue weighted by Crippen LogP contribution is 2.68. The number of amides is 2. The lowest BCUT2D eigenvalue weighted by Crippen LogP contribution is -2.59. The van der Waals surface area contributed by atoms with Gasteiger partial charge >= 0.3 is 5.97 Å². The van der Waals surface area contributed by atoms with Crippen LogP contribution in [0.1, 0.15) is 58.3 Å². The van der Waals surface area contributed by atoms with Crippen LogP contribution in [-0.4, -0.2) is 81.1 Å². The van der Waals surface area contributed by atoms with E-state index in [0.717, 1.165) is 32.1 Å². The van der Waals surface area contributed by atoms with E-state index < -0.39 is 22.6 Å². The van der Waals surface area contributed by atoms with Gasteiger partial charge in [0.05, 0.1) is 16.6 Å². The number of nitrogens with zero attached hydrogens (tertiary/aromatic N) is 2. The van der Waals surface area contributed by atoms with Crippen molar-refractivity contribution in [2.75, 3.05) is 26.3 Å². The lowest BCUT2D eigenvalue weighted by atomic mass is 9.66. The van der Waals surface area contributed by atoms with E-state index in [1.165, 1.54) is 12.5 Å². The highest BCUT2D eigenvalue weighted by atomic mass is 32.2. The van der Waals surface area contributed by atoms with Gasteiger partial charge < -0.3 is 19.6 Å². The van der Waals surface area contributed by atoms with Gasteiger partial charge in [-0.15, -0.1) is 18.3 Å². The number of ether oxygens (including phenoxy) is 1. The first-order valence-electron chi connectivity index (χ1n) is 13.2. The normalized spacial score (nSPS) is 34.1. The molecular weight excluding hydrogens is 464 g/mol. The summed E-state index contributed by atoms with van der Waals surface area (Å²) in [4.78, 5) is 45.3. The van der Waals surface area contributed by atoms with E-state index in [-0.39, 0.29) is 48.2 Å². The second kappa shape index (κ2) is 11.1. The summed E-state index contributed by atoms with van der Waals surface area (Å²) in [5.41, 5.74) is 0. The Morgan fingerprint density at radius 2 is 1.97 bits per heavy atom. The van der Waals surface area contributed by atoms with Gasteiger partial charge in [-0.1, -0.05) is 44.9 Å². The molecule has 3 unspecified atom stereocenters. The van der Waals surface area contributed by atoms with Crippen molar-refractivity contribution in [3.05, 3.63) is 25.3 Å². The van der Waals surface area contributed by atoms with E-state index in [1.54, 1.807) is 22.7 Å². The Hall–Kier alpha value is -1.80. The Morgan fingerprint density at radius 3 is 2.63 bits per heavy atom. The summed E-state index contributed by atoms with van der Waals surface area (Å²) < 4.78 is 4.81. The molecule has 4 rings (SSSR count). The van der Waals surface area contributed by atoms with Gasteiger partial charge in [0.2, 0.25) is 11.8 Å². The molecule has 1 spiro atoms. The smallest absolute Gasteiger partial charge is 0.311 e. The van der Waals surface area contributed by atoms with E-state index in [1.807, 2.05) is 4.90 Å². The minimum atomic E-state index is -0.635. The van der Waals surface area contributed by atoms with Gasteiger partial charge in [-0.2, -0.15) is 0 Å². The van der Waals surface area contributed by atoms with Crippen molar-refractivity contribution in [3.63, 3.8) is 0 Å². The molecule has 2 bridgehead atoms. The number of hydrogen-bond donors (Lipinski definition) is 1. The maximum absolute atomic E-state index is 14.4. The van der Waals surface area contributed by atoms with Gasteiger partial charge in [0, 0.05) is 31.0 Å². The van der Waals surface area contributed by atoms with Crippen LogP contribution in [0.3, 0.4) is 0 Å². The molecule has 6 atom stereocenters. The van der Waals surface area contributed by atoms with Crippen LogP contribution in [-0.2, 0) is 19.1 Å². The third-order valence-corrected chi connectivity index (χ3v) is 10.6. The summed E-state index contributed by atoms with van der Waals surface area (Å²) >= 11 is 1.68. The Morgan fingerprint density at radius 1 is 1.23 bits per heavy atom. The summed E-state index contributed by atoms with van der Waals surface area (Å²) in [7, 11) is 0. The van der Waals surface area contributed by atoms with Gasteiger partial charge in [0.15, 0.2) is 0 Å². The molecule has 8 heteroatoms. The van der Waals surface area contributed by atoms with Gasteiger partial charge in [-0.05, 0) is 38.0 Å². The highest BCUT2D eigenvalue weighted by molar-refractivity contribution is 8.02. The van der Waals surface area contributed by atoms with Crippen LogP contribution in [0.25, 0.3) is 0 Å². The standard InChI is InChI=1S/C27H40N2O5S/c1-4-13-28(19-11-7-6-8-12-19)25(32)23-27-18(3)17-20(35-27)21(26(33)34-16-5-2)22(27)24(31)29(23)14-9-10-15-30/h4-5,18-23,30H,1-2,6-17H2,3H3/t18?,20-,21+,22-,23?,27?/m0/s1. The average molecular weight is 505 g/mol. The fraction of sp³-hybridized carbons (Fsp3) is 0.741. The van der Waals surface area contributed by atoms with Crippen LogP contribution in [0.4, 0.5) is 0 Å². The number of likely N-dealkylation sites (tertiary alicyclic amines) is 1. The van der Waals surface area contributed by atoms with Crippen LogP contribution in [0.2, 0.25) is 0 Å². The number of fused-ring (bicyclic) bond motifs is 1. The molecule has 0 aromatic heterocycles. The van der Waals surface area contributed by atoms with Crippen molar-refractivity contribution in [2.45, 2.75) is 80.4 Å². The molecule has 4 fully saturated rings. The number of aliphatic hydroxyl groups excluding tert-OH is 1. The minimum absolute atomic E-state index is 0.00300. The van der Waals surface area contributed by atoms with Crippen molar-refractivity contribution < 1.29 is 24.2 Å². The Bertz CT molecular complexity index is 843. The molecule has 3 heterocycles. The van der Waals surface area contributed by atoms with Crippen LogP contribution >= 0.6 is 11.8 Å². The van der Waals surface area contributed by atoms with Crippen LogP contribution in [0.15, 0.2) is 25.3 Å². The number of carbonyl (C=O) groups excluding carboxylic acids is 3. The summed E-state index contributed by atoms with van der Waals surface area (Å²) in [5.74, 6) is -1.43. The molecule has 3 saturated heterocycles. The first-order valence-corrected chi connectivity index (χ1v) is 14.1. The third kappa shape index (κ3) is 4.45. The fourth-order valence-corrected chi connectivity index (χ4v) is 9.45. The van der Waals surface area contributed by atoms with E-state index >= 15 is 0 Å². The van der Waals surface area contributed by atoms with Crippen LogP contribution in [0.5, 0.6) is 0 Å². The fourth-order valence-electron chi connectivity index (χ4n) is 7.05. The summed E-state index contributed by atoms with van der Waals surface area (Å²) in [6.45, 7) is 10.7. The number of thioether (sulfide) groups is 1. The molecule has 1 aliphatic carbocycles. The monoisotopic (exact) mass is 504 g/mol. The molecule has 35 heavy (non-hydrogen) atoms. The number of aliphatic hydroxyl groups is 1. The number of hydrogen-bond acceptors (Lipinski definition) is 6. The predicted octanol–water partition coefficient (Wildman–Crippen LogP) is 3.17. The maximum Gasteiger partial charge on any atom is 0.311 e. The van der Waals surface area contributed by atoms with E-state index in [2.05, 4.69) is 20.1 Å². The number of esters is 1. The highest BCUT2D eigenvalue weighted by Gasteiger charge is 2.76. The lowest BCUT2D eigenvalue weighted by molar-refractivity contribution is -0.153. The van der Waals surface area contributed by atoms with E-state index in [0.29, 0.717) is 25.9 Å². The number of carbonyl (C=O) groups is 3. The SMILES string of the molecule is C=CCOC(=O)[C@@H]1[C@@H]2CC(C)C3(S2)C(C(=O)N(CC=C)C2CCCCC2)N(CCCCO)C(=O)[C@H]13. The quantitative estimate of drug-likeness (QED) is 0.264. The molecule has 0 aromatic carbocycles. The van der Waals surface area contributed by atoms with Crippen LogP contribution < -0.4 is 0 Å². The first-order chi connectivity index (χ1) is 16.9. The molecule has 194 valence electrons. The zero-order valence-electron chi connectivity index (χ0n) is 20.9. The zero-order chi connectivity index (χ0) is 25.2. The average Bonchev–Trinajstić information content (AvgIpc) is 3.45. The Kier molecular flexibility index (Phi) is 8.31. The minimum Gasteiger partial charge on any atom is -0.461 e. The van der Waals surface area contributed by atoms with Crippen LogP contribution in [0, 0.1) is 17.8 Å². The number of rotatable bonds is 11. The molecule has 0 aromatic rings. The zero-order valence-corrected chi connectivity index (χ0v) is 21.7. The Labute approximate surface area is 213 Å². The molecule has 0 radical (unpaired) electrons. The molecule has 1 saturated carbocycles. The summed E-state index contributed by atoms with van der Waals surface area (Å²) in [5, 5.41) is 9.33. The second-order valence-corrected chi connectivity index (χ2v) is 12.1. The van der Waals surface area contributed by atoms with Gasteiger partial charge in [0.25, 0.3) is 0 Å². The molecule has 7 nitrogen and oxygen atoms in total. The van der Waals surface area contributed by atoms with Crippen molar-refractivity contribution in [1.82, 2.24) is 9.80 Å². The molecule has 1 N–H and O–H groups in total.